The van der Waals surface area contributed by atoms with Crippen LogP contribution in [0.3, 0.4) is 0 Å². The lowest BCUT2D eigenvalue weighted by Gasteiger charge is -2.05. The smallest absolute Gasteiger partial charge is 0.258 e. The first kappa shape index (κ1) is 15.7. The SMILES string of the molecule is CC(C)c1cc(NC(=O)c2ccc(Oc3ccccc3)nc2)n[nH]1. The summed E-state index contributed by atoms with van der Waals surface area (Å²) in [5, 5.41) is 9.71. The Labute approximate surface area is 139 Å². The number of carbonyl (C=O) groups is 1. The summed E-state index contributed by atoms with van der Waals surface area (Å²) in [7, 11) is 0. The van der Waals surface area contributed by atoms with Crippen molar-refractivity contribution in [2.75, 3.05) is 5.32 Å². The van der Waals surface area contributed by atoms with E-state index in [1.807, 2.05) is 36.4 Å². The van der Waals surface area contributed by atoms with Crippen molar-refractivity contribution in [1.29, 1.82) is 0 Å². The van der Waals surface area contributed by atoms with Crippen molar-refractivity contribution in [2.24, 2.45) is 0 Å². The lowest BCUT2D eigenvalue weighted by atomic mass is 10.1. The molecule has 1 aromatic carbocycles. The van der Waals surface area contributed by atoms with Crippen molar-refractivity contribution >= 4 is 11.7 Å². The van der Waals surface area contributed by atoms with Crippen LogP contribution in [0.5, 0.6) is 11.6 Å². The number of carbonyl (C=O) groups excluding carboxylic acids is 1. The van der Waals surface area contributed by atoms with Gasteiger partial charge in [-0.3, -0.25) is 9.89 Å². The summed E-state index contributed by atoms with van der Waals surface area (Å²) in [4.78, 5) is 16.4. The topological polar surface area (TPSA) is 79.9 Å². The van der Waals surface area contributed by atoms with Crippen LogP contribution in [0.25, 0.3) is 0 Å². The quantitative estimate of drug-likeness (QED) is 0.745. The third kappa shape index (κ3) is 3.78. The number of amides is 1. The summed E-state index contributed by atoms with van der Waals surface area (Å²) in [6.45, 7) is 4.10. The molecule has 122 valence electrons. The Morgan fingerprint density at radius 2 is 1.96 bits per heavy atom. The summed E-state index contributed by atoms with van der Waals surface area (Å²) in [6, 6.07) is 14.5. The maximum absolute atomic E-state index is 12.2. The predicted octanol–water partition coefficient (Wildman–Crippen LogP) is 3.97. The number of pyridine rings is 1. The summed E-state index contributed by atoms with van der Waals surface area (Å²) < 4.78 is 5.60. The highest BCUT2D eigenvalue weighted by Gasteiger charge is 2.11. The molecule has 0 fully saturated rings. The van der Waals surface area contributed by atoms with E-state index in [2.05, 4.69) is 34.3 Å². The second kappa shape index (κ2) is 6.95. The molecule has 0 saturated carbocycles. The van der Waals surface area contributed by atoms with E-state index in [4.69, 9.17) is 4.74 Å². The van der Waals surface area contributed by atoms with Crippen LogP contribution < -0.4 is 10.1 Å². The molecule has 0 aliphatic rings. The third-order valence-electron chi connectivity index (χ3n) is 3.43. The van der Waals surface area contributed by atoms with E-state index >= 15 is 0 Å². The minimum Gasteiger partial charge on any atom is -0.439 e. The van der Waals surface area contributed by atoms with Crippen molar-refractivity contribution in [3.05, 3.63) is 66.0 Å². The highest BCUT2D eigenvalue weighted by molar-refractivity contribution is 6.03. The van der Waals surface area contributed by atoms with Crippen molar-refractivity contribution in [3.8, 4) is 11.6 Å². The van der Waals surface area contributed by atoms with E-state index in [1.165, 1.54) is 6.20 Å². The molecular formula is C18H18N4O2. The van der Waals surface area contributed by atoms with Gasteiger partial charge in [0.05, 0.1) is 5.56 Å². The second-order valence-electron chi connectivity index (χ2n) is 5.62. The van der Waals surface area contributed by atoms with Gasteiger partial charge in [0.15, 0.2) is 5.82 Å². The molecule has 0 aliphatic carbocycles. The molecule has 1 amide bonds. The molecule has 3 aromatic rings. The number of nitrogens with zero attached hydrogens (tertiary/aromatic N) is 2. The zero-order valence-corrected chi connectivity index (χ0v) is 13.5. The number of ether oxygens (including phenoxy) is 1. The van der Waals surface area contributed by atoms with Crippen LogP contribution >= 0.6 is 0 Å². The van der Waals surface area contributed by atoms with Crippen molar-refractivity contribution in [3.63, 3.8) is 0 Å². The average Bonchev–Trinajstić information content (AvgIpc) is 3.05. The molecule has 0 atom stereocenters. The van der Waals surface area contributed by atoms with Crippen molar-refractivity contribution in [2.45, 2.75) is 19.8 Å². The second-order valence-corrected chi connectivity index (χ2v) is 5.62. The van der Waals surface area contributed by atoms with Crippen LogP contribution in [0.1, 0.15) is 35.8 Å². The number of rotatable bonds is 5. The lowest BCUT2D eigenvalue weighted by molar-refractivity contribution is 0.102. The van der Waals surface area contributed by atoms with Gasteiger partial charge in [-0.05, 0) is 24.1 Å². The average molecular weight is 322 g/mol. The van der Waals surface area contributed by atoms with Crippen LogP contribution in [0, 0.1) is 0 Å². The number of H-pyrrole nitrogens is 1. The number of aromatic nitrogens is 3. The van der Waals surface area contributed by atoms with Crippen LogP contribution in [0.2, 0.25) is 0 Å². The van der Waals surface area contributed by atoms with Gasteiger partial charge in [0.2, 0.25) is 5.88 Å². The van der Waals surface area contributed by atoms with Gasteiger partial charge < -0.3 is 10.1 Å². The zero-order chi connectivity index (χ0) is 16.9. The highest BCUT2D eigenvalue weighted by Crippen LogP contribution is 2.19. The normalized spacial score (nSPS) is 10.6. The fourth-order valence-electron chi connectivity index (χ4n) is 2.07. The summed E-state index contributed by atoms with van der Waals surface area (Å²) in [5.41, 5.74) is 1.40. The van der Waals surface area contributed by atoms with E-state index in [9.17, 15) is 4.79 Å². The number of benzene rings is 1. The molecule has 0 saturated heterocycles. The number of aromatic amines is 1. The van der Waals surface area contributed by atoms with Crippen LogP contribution in [0.15, 0.2) is 54.7 Å². The van der Waals surface area contributed by atoms with Gasteiger partial charge in [0, 0.05) is 24.0 Å². The van der Waals surface area contributed by atoms with Gasteiger partial charge in [0.1, 0.15) is 5.75 Å². The number of nitrogens with one attached hydrogen (secondary N) is 2. The third-order valence-corrected chi connectivity index (χ3v) is 3.43. The monoisotopic (exact) mass is 322 g/mol. The number of para-hydroxylation sites is 1. The first-order chi connectivity index (χ1) is 11.6. The molecule has 2 N–H and O–H groups in total. The van der Waals surface area contributed by atoms with Gasteiger partial charge >= 0.3 is 0 Å². The Hall–Kier alpha value is -3.15. The Balaban J connectivity index is 1.65. The molecule has 2 heterocycles. The number of anilines is 1. The molecule has 24 heavy (non-hydrogen) atoms. The molecule has 0 bridgehead atoms. The van der Waals surface area contributed by atoms with Gasteiger partial charge in [0.25, 0.3) is 5.91 Å². The van der Waals surface area contributed by atoms with Gasteiger partial charge in [-0.2, -0.15) is 5.10 Å². The fraction of sp³-hybridized carbons (Fsp3) is 0.167. The summed E-state index contributed by atoms with van der Waals surface area (Å²) in [5.74, 6) is 1.67. The highest BCUT2D eigenvalue weighted by atomic mass is 16.5. The molecule has 0 aliphatic heterocycles. The van der Waals surface area contributed by atoms with Crippen molar-refractivity contribution < 1.29 is 9.53 Å². The van der Waals surface area contributed by atoms with Gasteiger partial charge in [-0.25, -0.2) is 4.98 Å². The van der Waals surface area contributed by atoms with E-state index in [-0.39, 0.29) is 5.91 Å². The Morgan fingerprint density at radius 3 is 2.58 bits per heavy atom. The van der Waals surface area contributed by atoms with E-state index in [1.54, 1.807) is 12.1 Å². The number of hydrogen-bond acceptors (Lipinski definition) is 4. The minimum atomic E-state index is -0.268. The van der Waals surface area contributed by atoms with Gasteiger partial charge in [-0.1, -0.05) is 32.0 Å². The maximum Gasteiger partial charge on any atom is 0.258 e. The molecule has 0 unspecified atom stereocenters. The molecule has 0 radical (unpaired) electrons. The van der Waals surface area contributed by atoms with Crippen LogP contribution in [-0.2, 0) is 0 Å². The number of hydrogen-bond donors (Lipinski definition) is 2. The Morgan fingerprint density at radius 1 is 1.17 bits per heavy atom. The first-order valence-corrected chi connectivity index (χ1v) is 7.67. The molecule has 6 nitrogen and oxygen atoms in total. The van der Waals surface area contributed by atoms with E-state index in [0.29, 0.717) is 28.9 Å². The molecular weight excluding hydrogens is 304 g/mol. The standard InChI is InChI=1S/C18H18N4O2/c1-12(2)15-10-16(22-21-15)20-18(23)13-8-9-17(19-11-13)24-14-6-4-3-5-7-14/h3-12H,1-2H3,(H2,20,21,22,23). The molecule has 6 heteroatoms. The zero-order valence-electron chi connectivity index (χ0n) is 13.5. The molecule has 0 spiro atoms. The van der Waals surface area contributed by atoms with Crippen LogP contribution in [0.4, 0.5) is 5.82 Å². The van der Waals surface area contributed by atoms with Crippen LogP contribution in [-0.4, -0.2) is 21.1 Å². The molecule has 3 rings (SSSR count). The van der Waals surface area contributed by atoms with E-state index < -0.39 is 0 Å². The van der Waals surface area contributed by atoms with E-state index in [0.717, 1.165) is 5.69 Å². The Kier molecular flexibility index (Phi) is 4.56. The van der Waals surface area contributed by atoms with Crippen molar-refractivity contribution in [1.82, 2.24) is 15.2 Å². The predicted molar refractivity (Wildman–Crippen MR) is 91.4 cm³/mol. The van der Waals surface area contributed by atoms with Gasteiger partial charge in [-0.15, -0.1) is 0 Å². The minimum absolute atomic E-state index is 0.268. The molecule has 2 aromatic heterocycles. The lowest BCUT2D eigenvalue weighted by Crippen LogP contribution is -2.12. The summed E-state index contributed by atoms with van der Waals surface area (Å²) >= 11 is 0. The summed E-state index contributed by atoms with van der Waals surface area (Å²) in [6.07, 6.45) is 1.48. The maximum atomic E-state index is 12.2. The Bertz CT molecular complexity index is 811. The largest absolute Gasteiger partial charge is 0.439 e. The fourth-order valence-corrected chi connectivity index (χ4v) is 2.07. The first-order valence-electron chi connectivity index (χ1n) is 7.67.